The summed E-state index contributed by atoms with van der Waals surface area (Å²) in [4.78, 5) is 11.2. The summed E-state index contributed by atoms with van der Waals surface area (Å²) in [5.41, 5.74) is 0. The quantitative estimate of drug-likeness (QED) is 0.538. The topological polar surface area (TPSA) is 95.5 Å². The molecule has 0 aromatic rings. The van der Waals surface area contributed by atoms with E-state index in [0.29, 0.717) is 6.54 Å². The van der Waals surface area contributed by atoms with E-state index in [0.717, 1.165) is 6.42 Å². The van der Waals surface area contributed by atoms with E-state index in [4.69, 9.17) is 0 Å². The van der Waals surface area contributed by atoms with Gasteiger partial charge in [-0.15, -0.1) is 0 Å². The first-order valence-corrected chi connectivity index (χ1v) is 7.15. The molecule has 0 spiro atoms. The predicted octanol–water partition coefficient (Wildman–Crippen LogP) is -1.74. The Morgan fingerprint density at radius 3 is 2.62 bits per heavy atom. The number of hydrogen-bond donors (Lipinski definition) is 3. The molecule has 1 aliphatic rings. The second-order valence-electron chi connectivity index (χ2n) is 3.98. The van der Waals surface area contributed by atoms with Crippen molar-refractivity contribution < 1.29 is 18.3 Å². The molecule has 0 aromatic carbocycles. The molecule has 1 fully saturated rings. The fourth-order valence-corrected chi connectivity index (χ4v) is 3.35. The van der Waals surface area contributed by atoms with E-state index in [2.05, 4.69) is 10.6 Å². The Kier molecular flexibility index (Phi) is 4.69. The molecule has 94 valence electrons. The Balaban J connectivity index is 2.31. The van der Waals surface area contributed by atoms with Crippen molar-refractivity contribution in [2.24, 2.45) is 0 Å². The van der Waals surface area contributed by atoms with Crippen LogP contribution in [0.4, 0.5) is 0 Å². The zero-order chi connectivity index (χ0) is 12.2. The Labute approximate surface area is 95.3 Å². The van der Waals surface area contributed by atoms with E-state index >= 15 is 0 Å². The number of aliphatic hydroxyl groups excluding tert-OH is 1. The molecule has 0 aliphatic carbocycles. The molecule has 7 heteroatoms. The number of amides is 1. The maximum atomic E-state index is 11.2. The minimum absolute atomic E-state index is 0.0389. The summed E-state index contributed by atoms with van der Waals surface area (Å²) >= 11 is 0. The zero-order valence-corrected chi connectivity index (χ0v) is 10.1. The van der Waals surface area contributed by atoms with Crippen molar-refractivity contribution in [2.45, 2.75) is 25.5 Å². The fraction of sp³-hybridized carbons (Fsp3) is 0.889. The molecule has 0 bridgehead atoms. The number of sulfone groups is 1. The van der Waals surface area contributed by atoms with E-state index in [1.807, 2.05) is 6.92 Å². The van der Waals surface area contributed by atoms with Crippen LogP contribution in [0.5, 0.6) is 0 Å². The van der Waals surface area contributed by atoms with Gasteiger partial charge in [-0.1, -0.05) is 6.92 Å². The molecule has 0 radical (unpaired) electrons. The van der Waals surface area contributed by atoms with Crippen LogP contribution in [0.25, 0.3) is 0 Å². The molecule has 3 N–H and O–H groups in total. The van der Waals surface area contributed by atoms with Crippen molar-refractivity contribution in [3.63, 3.8) is 0 Å². The molecule has 0 saturated carbocycles. The second kappa shape index (κ2) is 5.60. The lowest BCUT2D eigenvalue weighted by Gasteiger charge is -2.14. The fourth-order valence-electron chi connectivity index (χ4n) is 1.57. The third-order valence-corrected chi connectivity index (χ3v) is 4.14. The van der Waals surface area contributed by atoms with Crippen LogP contribution in [0, 0.1) is 0 Å². The largest absolute Gasteiger partial charge is 0.390 e. The third-order valence-electron chi connectivity index (χ3n) is 2.42. The van der Waals surface area contributed by atoms with Gasteiger partial charge in [0.05, 0.1) is 24.2 Å². The van der Waals surface area contributed by atoms with Gasteiger partial charge < -0.3 is 15.7 Å². The highest BCUT2D eigenvalue weighted by Crippen LogP contribution is 2.11. The molecule has 16 heavy (non-hydrogen) atoms. The van der Waals surface area contributed by atoms with Crippen molar-refractivity contribution in [1.29, 1.82) is 0 Å². The summed E-state index contributed by atoms with van der Waals surface area (Å²) < 4.78 is 22.3. The average molecular weight is 250 g/mol. The van der Waals surface area contributed by atoms with E-state index in [1.165, 1.54) is 0 Å². The van der Waals surface area contributed by atoms with E-state index in [9.17, 15) is 18.3 Å². The Hall–Kier alpha value is -0.660. The van der Waals surface area contributed by atoms with Crippen LogP contribution in [-0.4, -0.2) is 56.2 Å². The summed E-state index contributed by atoms with van der Waals surface area (Å²) in [7, 11) is -3.15. The summed E-state index contributed by atoms with van der Waals surface area (Å²) in [5.74, 6) is -0.505. The number of rotatable bonds is 5. The maximum Gasteiger partial charge on any atom is 0.233 e. The number of carbonyl (C=O) groups excluding carboxylic acids is 1. The Bertz CT molecular complexity index is 341. The van der Waals surface area contributed by atoms with Crippen molar-refractivity contribution in [3.8, 4) is 0 Å². The molecule has 2 atom stereocenters. The van der Waals surface area contributed by atoms with Gasteiger partial charge in [0.25, 0.3) is 0 Å². The number of aliphatic hydroxyl groups is 1. The van der Waals surface area contributed by atoms with Crippen LogP contribution in [0.3, 0.4) is 0 Å². The minimum Gasteiger partial charge on any atom is -0.390 e. The van der Waals surface area contributed by atoms with Gasteiger partial charge >= 0.3 is 0 Å². The first kappa shape index (κ1) is 13.4. The summed E-state index contributed by atoms with van der Waals surface area (Å²) in [6, 6.07) is -0.530. The summed E-state index contributed by atoms with van der Waals surface area (Å²) in [6.45, 7) is 2.59. The van der Waals surface area contributed by atoms with E-state index in [1.54, 1.807) is 0 Å². The van der Waals surface area contributed by atoms with Gasteiger partial charge in [-0.2, -0.15) is 0 Å². The third kappa shape index (κ3) is 4.07. The van der Waals surface area contributed by atoms with Gasteiger partial charge in [0, 0.05) is 12.6 Å². The molecule has 1 rings (SSSR count). The number of nitrogens with one attached hydrogen (secondary N) is 2. The lowest BCUT2D eigenvalue weighted by atomic mass is 10.2. The van der Waals surface area contributed by atoms with Crippen molar-refractivity contribution in [1.82, 2.24) is 10.6 Å². The van der Waals surface area contributed by atoms with Gasteiger partial charge in [-0.25, -0.2) is 8.42 Å². The van der Waals surface area contributed by atoms with Crippen molar-refractivity contribution in [3.05, 3.63) is 0 Å². The van der Waals surface area contributed by atoms with Crippen LogP contribution < -0.4 is 10.6 Å². The van der Waals surface area contributed by atoms with E-state index in [-0.39, 0.29) is 24.0 Å². The monoisotopic (exact) mass is 250 g/mol. The minimum atomic E-state index is -3.15. The highest BCUT2D eigenvalue weighted by molar-refractivity contribution is 7.91. The molecule has 2 unspecified atom stereocenters. The maximum absolute atomic E-state index is 11.2. The summed E-state index contributed by atoms with van der Waals surface area (Å²) in [5, 5.41) is 14.9. The summed E-state index contributed by atoms with van der Waals surface area (Å²) in [6.07, 6.45) is -0.0596. The Morgan fingerprint density at radius 1 is 1.44 bits per heavy atom. The van der Waals surface area contributed by atoms with Gasteiger partial charge in [0.15, 0.2) is 9.84 Å². The second-order valence-corrected chi connectivity index (χ2v) is 6.14. The zero-order valence-electron chi connectivity index (χ0n) is 9.27. The molecule has 1 aliphatic heterocycles. The molecular formula is C9H18N2O4S. The number of carbonyl (C=O) groups is 1. The Morgan fingerprint density at radius 2 is 2.12 bits per heavy atom. The first-order valence-electron chi connectivity index (χ1n) is 5.33. The lowest BCUT2D eigenvalue weighted by Crippen LogP contribution is -2.44. The van der Waals surface area contributed by atoms with Gasteiger partial charge in [0.1, 0.15) is 0 Å². The first-order chi connectivity index (χ1) is 7.44. The van der Waals surface area contributed by atoms with Crippen molar-refractivity contribution in [2.75, 3.05) is 24.6 Å². The predicted molar refractivity (Wildman–Crippen MR) is 59.8 cm³/mol. The smallest absolute Gasteiger partial charge is 0.233 e. The van der Waals surface area contributed by atoms with Gasteiger partial charge in [-0.3, -0.25) is 4.79 Å². The highest BCUT2D eigenvalue weighted by atomic mass is 32.2. The lowest BCUT2D eigenvalue weighted by molar-refractivity contribution is -0.120. The standard InChI is InChI=1S/C9H18N2O4S/c1-2-3-10-9(13)4-11-7-5-16(14,15)6-8(7)12/h7-8,11-12H,2-6H2,1H3,(H,10,13). The SMILES string of the molecule is CCCNC(=O)CNC1CS(=O)(=O)CC1O. The van der Waals surface area contributed by atoms with Gasteiger partial charge in [0.2, 0.25) is 5.91 Å². The molecule has 1 heterocycles. The van der Waals surface area contributed by atoms with Crippen molar-refractivity contribution >= 4 is 15.7 Å². The molecule has 6 nitrogen and oxygen atoms in total. The normalized spacial score (nSPS) is 27.9. The number of hydrogen-bond acceptors (Lipinski definition) is 5. The molecular weight excluding hydrogens is 232 g/mol. The van der Waals surface area contributed by atoms with E-state index < -0.39 is 22.0 Å². The van der Waals surface area contributed by atoms with Crippen LogP contribution in [0.1, 0.15) is 13.3 Å². The van der Waals surface area contributed by atoms with Crippen LogP contribution in [0.15, 0.2) is 0 Å². The molecule has 0 aromatic heterocycles. The molecule has 1 saturated heterocycles. The van der Waals surface area contributed by atoms with Gasteiger partial charge in [-0.05, 0) is 6.42 Å². The van der Waals surface area contributed by atoms with Crippen LogP contribution in [0.2, 0.25) is 0 Å². The highest BCUT2D eigenvalue weighted by Gasteiger charge is 2.36. The van der Waals surface area contributed by atoms with Crippen LogP contribution in [-0.2, 0) is 14.6 Å². The van der Waals surface area contributed by atoms with Crippen LogP contribution >= 0.6 is 0 Å². The molecule has 1 amide bonds. The average Bonchev–Trinajstić information content (AvgIpc) is 2.45.